The van der Waals surface area contributed by atoms with Gasteiger partial charge in [-0.15, -0.1) is 0 Å². The molecule has 0 spiro atoms. The van der Waals surface area contributed by atoms with E-state index in [4.69, 9.17) is 0 Å². The van der Waals surface area contributed by atoms with Crippen molar-refractivity contribution in [3.05, 3.63) is 53.9 Å². The number of aromatic nitrogens is 3. The first-order valence-corrected chi connectivity index (χ1v) is 8.78. The third kappa shape index (κ3) is 2.96. The minimum Gasteiger partial charge on any atom is -0.345 e. The summed E-state index contributed by atoms with van der Waals surface area (Å²) in [4.78, 5) is 21.7. The second kappa shape index (κ2) is 5.90. The van der Waals surface area contributed by atoms with Crippen LogP contribution in [0.2, 0.25) is 0 Å². The topological polar surface area (TPSA) is 59.3 Å². The van der Waals surface area contributed by atoms with Crippen molar-refractivity contribution in [2.45, 2.75) is 39.2 Å². The number of fused-ring (bicyclic) bond motifs is 1. The lowest BCUT2D eigenvalue weighted by Gasteiger charge is -2.25. The third-order valence-corrected chi connectivity index (χ3v) is 5.08. The van der Waals surface area contributed by atoms with Crippen LogP contribution in [0.4, 0.5) is 4.39 Å². The predicted octanol–water partition coefficient (Wildman–Crippen LogP) is 3.76. The molecular formula is C20H21FN4O. The fraction of sp³-hybridized carbons (Fsp3) is 0.350. The van der Waals surface area contributed by atoms with Crippen molar-refractivity contribution in [1.29, 1.82) is 0 Å². The van der Waals surface area contributed by atoms with Crippen LogP contribution in [0.3, 0.4) is 0 Å². The number of aryl methyl sites for hydroxylation is 1. The maximum absolute atomic E-state index is 13.2. The van der Waals surface area contributed by atoms with Gasteiger partial charge in [0.05, 0.1) is 5.69 Å². The molecule has 1 amide bonds. The van der Waals surface area contributed by atoms with Gasteiger partial charge in [-0.2, -0.15) is 0 Å². The Balaban J connectivity index is 1.74. The Bertz CT molecular complexity index is 987. The van der Waals surface area contributed by atoms with Crippen LogP contribution in [-0.4, -0.2) is 25.8 Å². The van der Waals surface area contributed by atoms with Crippen LogP contribution in [0.25, 0.3) is 16.9 Å². The van der Waals surface area contributed by atoms with E-state index in [-0.39, 0.29) is 17.3 Å². The van der Waals surface area contributed by atoms with Gasteiger partial charge in [0.2, 0.25) is 0 Å². The van der Waals surface area contributed by atoms with E-state index in [0.29, 0.717) is 23.0 Å². The molecule has 1 aliphatic carbocycles. The summed E-state index contributed by atoms with van der Waals surface area (Å²) in [7, 11) is 0. The highest BCUT2D eigenvalue weighted by Crippen LogP contribution is 2.39. The van der Waals surface area contributed by atoms with Gasteiger partial charge in [0.25, 0.3) is 5.91 Å². The lowest BCUT2D eigenvalue weighted by molar-refractivity contribution is 0.0900. The zero-order valence-electron chi connectivity index (χ0n) is 15.1. The highest BCUT2D eigenvalue weighted by atomic mass is 19.1. The number of hydrogen-bond acceptors (Lipinski definition) is 3. The molecule has 26 heavy (non-hydrogen) atoms. The molecule has 4 rings (SSSR count). The number of nitrogens with zero attached hydrogens (tertiary/aromatic N) is 3. The molecule has 1 N–H and O–H groups in total. The quantitative estimate of drug-likeness (QED) is 0.778. The average Bonchev–Trinajstić information content (AvgIpc) is 3.36. The number of benzene rings is 1. The van der Waals surface area contributed by atoms with Gasteiger partial charge in [0, 0.05) is 16.8 Å². The Hall–Kier alpha value is -2.76. The van der Waals surface area contributed by atoms with E-state index in [1.807, 2.05) is 26.8 Å². The lowest BCUT2D eigenvalue weighted by atomic mass is 9.98. The molecule has 2 heterocycles. The van der Waals surface area contributed by atoms with Gasteiger partial charge in [-0.05, 0) is 69.9 Å². The van der Waals surface area contributed by atoms with Gasteiger partial charge in [0.15, 0.2) is 11.3 Å². The van der Waals surface area contributed by atoms with Gasteiger partial charge in [-0.1, -0.05) is 0 Å². The molecule has 0 atom stereocenters. The van der Waals surface area contributed by atoms with Crippen LogP contribution in [0.15, 0.2) is 36.7 Å². The number of carbonyl (C=O) groups excluding carboxylic acids is 1. The largest absolute Gasteiger partial charge is 0.345 e. The normalized spacial score (nSPS) is 14.6. The second-order valence-electron chi connectivity index (χ2n) is 7.53. The number of halogens is 1. The molecule has 1 fully saturated rings. The molecule has 0 bridgehead atoms. The molecule has 1 aromatic carbocycles. The molecule has 5 nitrogen and oxygen atoms in total. The Morgan fingerprint density at radius 3 is 2.62 bits per heavy atom. The summed E-state index contributed by atoms with van der Waals surface area (Å²) in [6.07, 6.45) is 3.90. The van der Waals surface area contributed by atoms with Crippen LogP contribution in [0.5, 0.6) is 0 Å². The monoisotopic (exact) mass is 352 g/mol. The third-order valence-electron chi connectivity index (χ3n) is 5.08. The molecule has 2 aromatic heterocycles. The van der Waals surface area contributed by atoms with Crippen molar-refractivity contribution in [3.63, 3.8) is 0 Å². The summed E-state index contributed by atoms with van der Waals surface area (Å²) in [6.45, 7) is 6.02. The van der Waals surface area contributed by atoms with Gasteiger partial charge >= 0.3 is 0 Å². The molecule has 1 saturated carbocycles. The summed E-state index contributed by atoms with van der Waals surface area (Å²) in [6, 6.07) is 8.06. The standard InChI is InChI=1S/C20H21FN4O/c1-12-10-16(13-4-8-15(21)9-5-13)23-18-17(22-11-25(12)18)19(26)24-20(2,3)14-6-7-14/h4-5,8-11,14H,6-7H2,1-3H3,(H,24,26). The van der Waals surface area contributed by atoms with Crippen molar-refractivity contribution in [3.8, 4) is 11.3 Å². The lowest BCUT2D eigenvalue weighted by Crippen LogP contribution is -2.45. The summed E-state index contributed by atoms with van der Waals surface area (Å²) >= 11 is 0. The van der Waals surface area contributed by atoms with E-state index >= 15 is 0 Å². The van der Waals surface area contributed by atoms with Crippen LogP contribution in [0, 0.1) is 18.7 Å². The number of imidazole rings is 1. The van der Waals surface area contributed by atoms with Crippen LogP contribution in [0.1, 0.15) is 42.9 Å². The maximum atomic E-state index is 13.2. The molecule has 6 heteroatoms. The van der Waals surface area contributed by atoms with Gasteiger partial charge in [-0.25, -0.2) is 14.4 Å². The molecule has 1 aliphatic rings. The van der Waals surface area contributed by atoms with E-state index in [9.17, 15) is 9.18 Å². The van der Waals surface area contributed by atoms with Crippen molar-refractivity contribution in [1.82, 2.24) is 19.7 Å². The maximum Gasteiger partial charge on any atom is 0.274 e. The predicted molar refractivity (Wildman–Crippen MR) is 97.4 cm³/mol. The average molecular weight is 352 g/mol. The van der Waals surface area contributed by atoms with Crippen LogP contribution < -0.4 is 5.32 Å². The first kappa shape index (κ1) is 16.7. The smallest absolute Gasteiger partial charge is 0.274 e. The first-order valence-electron chi connectivity index (χ1n) is 8.78. The van der Waals surface area contributed by atoms with Gasteiger partial charge < -0.3 is 5.32 Å². The molecule has 0 saturated heterocycles. The van der Waals surface area contributed by atoms with Crippen LogP contribution in [-0.2, 0) is 0 Å². The molecule has 3 aromatic rings. The Morgan fingerprint density at radius 2 is 1.96 bits per heavy atom. The number of carbonyl (C=O) groups is 1. The first-order chi connectivity index (χ1) is 12.3. The summed E-state index contributed by atoms with van der Waals surface area (Å²) in [5, 5.41) is 3.09. The fourth-order valence-electron chi connectivity index (χ4n) is 3.31. The highest BCUT2D eigenvalue weighted by Gasteiger charge is 2.39. The van der Waals surface area contributed by atoms with Crippen molar-refractivity contribution in [2.24, 2.45) is 5.92 Å². The molecule has 0 unspecified atom stereocenters. The minimum atomic E-state index is -0.293. The van der Waals surface area contributed by atoms with E-state index in [2.05, 4.69) is 15.3 Å². The Kier molecular flexibility index (Phi) is 3.79. The van der Waals surface area contributed by atoms with Crippen molar-refractivity contribution >= 4 is 11.6 Å². The Labute approximate surface area is 151 Å². The summed E-state index contributed by atoms with van der Waals surface area (Å²) in [5.74, 6) is 0.00985. The molecular weight excluding hydrogens is 331 g/mol. The summed E-state index contributed by atoms with van der Waals surface area (Å²) < 4.78 is 15.0. The second-order valence-corrected chi connectivity index (χ2v) is 7.53. The molecule has 0 aliphatic heterocycles. The van der Waals surface area contributed by atoms with Gasteiger partial charge in [-0.3, -0.25) is 9.20 Å². The number of rotatable bonds is 4. The number of nitrogens with one attached hydrogen (secondary N) is 1. The van der Waals surface area contributed by atoms with E-state index in [0.717, 1.165) is 24.1 Å². The van der Waals surface area contributed by atoms with Crippen LogP contribution >= 0.6 is 0 Å². The number of amides is 1. The fourth-order valence-corrected chi connectivity index (χ4v) is 3.31. The van der Waals surface area contributed by atoms with E-state index < -0.39 is 0 Å². The van der Waals surface area contributed by atoms with Gasteiger partial charge in [0.1, 0.15) is 12.1 Å². The number of hydrogen-bond donors (Lipinski definition) is 1. The minimum absolute atomic E-state index is 0.215. The SMILES string of the molecule is Cc1cc(-c2ccc(F)cc2)nc2c(C(=O)NC(C)(C)C3CC3)ncn12. The summed E-state index contributed by atoms with van der Waals surface area (Å²) in [5.41, 5.74) is 2.95. The molecule has 0 radical (unpaired) electrons. The van der Waals surface area contributed by atoms with Crippen molar-refractivity contribution in [2.75, 3.05) is 0 Å². The van der Waals surface area contributed by atoms with E-state index in [1.54, 1.807) is 22.9 Å². The molecule has 134 valence electrons. The Morgan fingerprint density at radius 1 is 1.27 bits per heavy atom. The zero-order chi connectivity index (χ0) is 18.5. The van der Waals surface area contributed by atoms with E-state index in [1.165, 1.54) is 12.1 Å². The zero-order valence-corrected chi connectivity index (χ0v) is 15.1. The van der Waals surface area contributed by atoms with Crippen molar-refractivity contribution < 1.29 is 9.18 Å². The highest BCUT2D eigenvalue weighted by molar-refractivity contribution is 5.98.